The van der Waals surface area contributed by atoms with Crippen molar-refractivity contribution in [1.82, 2.24) is 0 Å². The first-order chi connectivity index (χ1) is 10.3. The predicted molar refractivity (Wildman–Crippen MR) is 85.1 cm³/mol. The van der Waals surface area contributed by atoms with E-state index in [9.17, 15) is 18.0 Å². The van der Waals surface area contributed by atoms with E-state index in [1.807, 2.05) is 0 Å². The highest BCUT2D eigenvalue weighted by Gasteiger charge is 2.12. The van der Waals surface area contributed by atoms with Gasteiger partial charge in [-0.2, -0.15) is 8.42 Å². The fourth-order valence-corrected chi connectivity index (χ4v) is 1.63. The van der Waals surface area contributed by atoms with Gasteiger partial charge in [-0.25, -0.2) is 4.79 Å². The maximum atomic E-state index is 10.7. The van der Waals surface area contributed by atoms with Crippen LogP contribution >= 0.6 is 0 Å². The van der Waals surface area contributed by atoms with Crippen LogP contribution < -0.4 is 11.5 Å². The Balaban J connectivity index is 0. The number of esters is 1. The Morgan fingerprint density at radius 3 is 2.04 bits per heavy atom. The maximum absolute atomic E-state index is 10.7. The summed E-state index contributed by atoms with van der Waals surface area (Å²) in [6, 6.07) is -0.385. The molecule has 23 heavy (non-hydrogen) atoms. The number of hydrogen-bond acceptors (Lipinski definition) is 8. The minimum absolute atomic E-state index is 0.0555. The van der Waals surface area contributed by atoms with Crippen molar-refractivity contribution < 1.29 is 31.7 Å². The molecule has 0 heterocycles. The van der Waals surface area contributed by atoms with Gasteiger partial charge in [-0.1, -0.05) is 0 Å². The van der Waals surface area contributed by atoms with E-state index >= 15 is 0 Å². The third-order valence-corrected chi connectivity index (χ3v) is 2.65. The quantitative estimate of drug-likeness (QED) is 0.495. The molecule has 10 heteroatoms. The summed E-state index contributed by atoms with van der Waals surface area (Å²) < 4.78 is 34.7. The molecule has 0 aromatic rings. The summed E-state index contributed by atoms with van der Waals surface area (Å²) in [5.74, 6) is -0.300. The maximum Gasteiger partial charge on any atom is 0.405 e. The Labute approximate surface area is 137 Å². The molecule has 0 spiro atoms. The van der Waals surface area contributed by atoms with Gasteiger partial charge in [0.15, 0.2) is 0 Å². The fraction of sp³-hybridized carbons (Fsp3) is 0.846. The molecule has 4 N–H and O–H groups in total. The first kappa shape index (κ1) is 23.9. The van der Waals surface area contributed by atoms with Gasteiger partial charge in [0.1, 0.15) is 5.60 Å². The van der Waals surface area contributed by atoms with Crippen LogP contribution in [0.2, 0.25) is 0 Å². The van der Waals surface area contributed by atoms with Crippen molar-refractivity contribution in [1.29, 1.82) is 0 Å². The predicted octanol–water partition coefficient (Wildman–Crippen LogP) is 0.513. The topological polar surface area (TPSA) is 148 Å². The highest BCUT2D eigenvalue weighted by Crippen LogP contribution is 2.05. The summed E-state index contributed by atoms with van der Waals surface area (Å²) in [6.45, 7) is 5.23. The summed E-state index contributed by atoms with van der Waals surface area (Å²) in [6.07, 6.45) is 1.60. The zero-order valence-corrected chi connectivity index (χ0v) is 15.1. The fourth-order valence-electron chi connectivity index (χ4n) is 1.21. The molecule has 1 unspecified atom stereocenters. The van der Waals surface area contributed by atoms with Crippen molar-refractivity contribution >= 4 is 22.2 Å². The number of carbonyl (C=O) groups is 2. The lowest BCUT2D eigenvalue weighted by Crippen LogP contribution is -2.27. The van der Waals surface area contributed by atoms with Crippen molar-refractivity contribution in [2.75, 3.05) is 20.0 Å². The van der Waals surface area contributed by atoms with E-state index in [1.165, 1.54) is 7.11 Å². The number of ether oxygens (including phenoxy) is 2. The first-order valence-corrected chi connectivity index (χ1v) is 8.73. The van der Waals surface area contributed by atoms with E-state index in [0.717, 1.165) is 6.26 Å². The van der Waals surface area contributed by atoms with E-state index in [4.69, 9.17) is 11.5 Å². The molecule has 0 saturated heterocycles. The lowest BCUT2D eigenvalue weighted by Gasteiger charge is -2.16. The summed E-state index contributed by atoms with van der Waals surface area (Å²) in [4.78, 5) is 20.7. The van der Waals surface area contributed by atoms with Crippen LogP contribution in [0.25, 0.3) is 0 Å². The van der Waals surface area contributed by atoms with Crippen LogP contribution in [-0.2, 0) is 28.6 Å². The second-order valence-corrected chi connectivity index (χ2v) is 7.39. The van der Waals surface area contributed by atoms with Crippen molar-refractivity contribution in [2.45, 2.75) is 51.7 Å². The SMILES string of the molecule is CC(C)(C)OC(N)=O.COC(=O)CCCC(N)COS(C)(=O)=O. The Kier molecular flexibility index (Phi) is 11.6. The van der Waals surface area contributed by atoms with Gasteiger partial charge in [0, 0.05) is 12.5 Å². The summed E-state index contributed by atoms with van der Waals surface area (Å²) in [7, 11) is -2.12. The third kappa shape index (κ3) is 23.0. The Morgan fingerprint density at radius 1 is 1.22 bits per heavy atom. The summed E-state index contributed by atoms with van der Waals surface area (Å²) >= 11 is 0. The number of amides is 1. The number of primary amides is 1. The van der Waals surface area contributed by atoms with Crippen LogP contribution in [0, 0.1) is 0 Å². The summed E-state index contributed by atoms with van der Waals surface area (Å²) in [5.41, 5.74) is 9.83. The van der Waals surface area contributed by atoms with Crippen molar-refractivity contribution in [2.24, 2.45) is 11.5 Å². The van der Waals surface area contributed by atoms with E-state index in [0.29, 0.717) is 12.8 Å². The Bertz CT molecular complexity index is 457. The van der Waals surface area contributed by atoms with Crippen LogP contribution in [0.15, 0.2) is 0 Å². The zero-order chi connectivity index (χ0) is 18.7. The smallest absolute Gasteiger partial charge is 0.405 e. The zero-order valence-electron chi connectivity index (χ0n) is 14.3. The van der Waals surface area contributed by atoms with Gasteiger partial charge >= 0.3 is 12.1 Å². The summed E-state index contributed by atoms with van der Waals surface area (Å²) in [5, 5.41) is 0. The van der Waals surface area contributed by atoms with Crippen molar-refractivity contribution in [3.63, 3.8) is 0 Å². The molecule has 0 bridgehead atoms. The molecule has 9 nitrogen and oxygen atoms in total. The molecule has 0 aromatic heterocycles. The van der Waals surface area contributed by atoms with Crippen LogP contribution in [0.3, 0.4) is 0 Å². The van der Waals surface area contributed by atoms with Gasteiger partial charge in [0.25, 0.3) is 10.1 Å². The molecule has 0 fully saturated rings. The van der Waals surface area contributed by atoms with Crippen LogP contribution in [0.1, 0.15) is 40.0 Å². The monoisotopic (exact) mass is 356 g/mol. The first-order valence-electron chi connectivity index (χ1n) is 6.92. The molecule has 0 rings (SSSR count). The number of rotatable bonds is 7. The van der Waals surface area contributed by atoms with E-state index < -0.39 is 21.8 Å². The van der Waals surface area contributed by atoms with Gasteiger partial charge in [-0.15, -0.1) is 0 Å². The Hall–Kier alpha value is -1.39. The molecule has 1 atom stereocenters. The van der Waals surface area contributed by atoms with E-state index in [2.05, 4.69) is 13.7 Å². The highest BCUT2D eigenvalue weighted by atomic mass is 32.2. The molecule has 138 valence electrons. The van der Waals surface area contributed by atoms with Gasteiger partial charge < -0.3 is 20.9 Å². The second kappa shape index (κ2) is 11.2. The number of hydrogen-bond donors (Lipinski definition) is 2. The average Bonchev–Trinajstić information content (AvgIpc) is 2.33. The molecular formula is C13H28N2O7S. The molecular weight excluding hydrogens is 328 g/mol. The van der Waals surface area contributed by atoms with E-state index in [1.54, 1.807) is 20.8 Å². The lowest BCUT2D eigenvalue weighted by atomic mass is 10.1. The van der Waals surface area contributed by atoms with Crippen molar-refractivity contribution in [3.8, 4) is 0 Å². The standard InChI is InChI=1S/C8H17NO5S.C5H11NO2/c1-13-8(10)5-3-4-7(9)6-14-15(2,11)12;1-5(2,3)8-4(6)7/h7H,3-6,9H2,1-2H3;1-3H3,(H2,6,7). The van der Waals surface area contributed by atoms with Gasteiger partial charge in [0.05, 0.1) is 20.0 Å². The van der Waals surface area contributed by atoms with Crippen LogP contribution in [0.5, 0.6) is 0 Å². The molecule has 0 saturated carbocycles. The van der Waals surface area contributed by atoms with E-state index in [-0.39, 0.29) is 25.0 Å². The number of methoxy groups -OCH3 is 1. The molecule has 0 aliphatic carbocycles. The van der Waals surface area contributed by atoms with Gasteiger partial charge in [-0.05, 0) is 33.6 Å². The molecule has 0 aromatic carbocycles. The van der Waals surface area contributed by atoms with Crippen LogP contribution in [0.4, 0.5) is 4.79 Å². The Morgan fingerprint density at radius 2 is 1.74 bits per heavy atom. The second-order valence-electron chi connectivity index (χ2n) is 5.75. The number of carbonyl (C=O) groups excluding carboxylic acids is 2. The normalized spacial score (nSPS) is 12.6. The minimum atomic E-state index is -3.44. The van der Waals surface area contributed by atoms with Crippen LogP contribution in [-0.4, -0.2) is 52.1 Å². The molecule has 0 aliphatic heterocycles. The van der Waals surface area contributed by atoms with Crippen molar-refractivity contribution in [3.05, 3.63) is 0 Å². The van der Waals surface area contributed by atoms with Gasteiger partial charge in [0.2, 0.25) is 0 Å². The molecule has 0 aliphatic rings. The molecule has 0 radical (unpaired) electrons. The molecule has 1 amide bonds. The number of nitrogens with two attached hydrogens (primary N) is 2. The van der Waals surface area contributed by atoms with Gasteiger partial charge in [-0.3, -0.25) is 8.98 Å². The highest BCUT2D eigenvalue weighted by molar-refractivity contribution is 7.85. The lowest BCUT2D eigenvalue weighted by molar-refractivity contribution is -0.140. The largest absolute Gasteiger partial charge is 0.469 e. The average molecular weight is 356 g/mol. The minimum Gasteiger partial charge on any atom is -0.469 e. The third-order valence-electron chi connectivity index (χ3n) is 2.09.